The van der Waals surface area contributed by atoms with Gasteiger partial charge in [0.05, 0.1) is 30.5 Å². The number of halogens is 1. The summed E-state index contributed by atoms with van der Waals surface area (Å²) in [6.07, 6.45) is 1.23. The van der Waals surface area contributed by atoms with Crippen molar-refractivity contribution in [1.82, 2.24) is 5.43 Å². The van der Waals surface area contributed by atoms with Crippen LogP contribution in [0, 0.1) is 0 Å². The lowest BCUT2D eigenvalue weighted by atomic mass is 10.2. The number of carbonyl (C=O) groups excluding carboxylic acids is 1. The molecule has 0 fully saturated rings. The number of nitrogens with one attached hydrogen (secondary N) is 1. The Bertz CT molecular complexity index is 1310. The lowest BCUT2D eigenvalue weighted by Gasteiger charge is -2.24. The number of methoxy groups -OCH3 is 1. The molecular weight excluding hydrogens is 494 g/mol. The van der Waals surface area contributed by atoms with Crippen molar-refractivity contribution < 1.29 is 27.8 Å². The molecule has 3 aromatic rings. The standard InChI is InChI=1S/C24H24ClN3O6S/c1-3-34-22-9-4-6-17(24(22)30)15-26-27-23(29)16-28(19-8-5-7-18(25)14-19)35(31,32)21-12-10-20(33-2)11-13-21/h4-15,30H,3,16H2,1-2H3,(H,27,29)/b26-15-. The van der Waals surface area contributed by atoms with Crippen LogP contribution in [0.5, 0.6) is 17.2 Å². The third-order valence-electron chi connectivity index (χ3n) is 4.75. The Kier molecular flexibility index (Phi) is 8.56. The molecule has 0 aliphatic rings. The first-order chi connectivity index (χ1) is 16.8. The number of amides is 1. The zero-order valence-electron chi connectivity index (χ0n) is 19.0. The number of carbonyl (C=O) groups is 1. The first-order valence-corrected chi connectivity index (χ1v) is 12.3. The molecule has 35 heavy (non-hydrogen) atoms. The zero-order chi connectivity index (χ0) is 25.4. The highest BCUT2D eigenvalue weighted by atomic mass is 35.5. The number of benzene rings is 3. The van der Waals surface area contributed by atoms with Crippen LogP contribution in [0.3, 0.4) is 0 Å². The summed E-state index contributed by atoms with van der Waals surface area (Å²) in [5.41, 5.74) is 2.80. The smallest absolute Gasteiger partial charge is 0.264 e. The van der Waals surface area contributed by atoms with Crippen LogP contribution in [0.25, 0.3) is 0 Å². The Balaban J connectivity index is 1.83. The van der Waals surface area contributed by atoms with E-state index in [9.17, 15) is 18.3 Å². The molecule has 11 heteroatoms. The fourth-order valence-corrected chi connectivity index (χ4v) is 4.67. The van der Waals surface area contributed by atoms with E-state index in [-0.39, 0.29) is 22.1 Å². The topological polar surface area (TPSA) is 118 Å². The predicted molar refractivity (Wildman–Crippen MR) is 134 cm³/mol. The molecule has 0 saturated heterocycles. The third-order valence-corrected chi connectivity index (χ3v) is 6.78. The highest BCUT2D eigenvalue weighted by Crippen LogP contribution is 2.29. The maximum Gasteiger partial charge on any atom is 0.264 e. The van der Waals surface area contributed by atoms with Crippen molar-refractivity contribution in [3.8, 4) is 17.2 Å². The number of phenols is 1. The molecule has 0 unspecified atom stereocenters. The molecule has 0 spiro atoms. The Labute approximate surface area is 208 Å². The van der Waals surface area contributed by atoms with Gasteiger partial charge in [0.2, 0.25) is 0 Å². The Morgan fingerprint density at radius 2 is 1.86 bits per heavy atom. The van der Waals surface area contributed by atoms with Crippen molar-refractivity contribution in [3.05, 3.63) is 77.3 Å². The van der Waals surface area contributed by atoms with Gasteiger partial charge in [-0.3, -0.25) is 9.10 Å². The molecule has 0 bridgehead atoms. The molecule has 2 N–H and O–H groups in total. The number of hydrogen-bond acceptors (Lipinski definition) is 7. The van der Waals surface area contributed by atoms with Crippen molar-refractivity contribution in [3.63, 3.8) is 0 Å². The number of nitrogens with zero attached hydrogens (tertiary/aromatic N) is 2. The lowest BCUT2D eigenvalue weighted by Crippen LogP contribution is -2.39. The molecule has 3 rings (SSSR count). The maximum absolute atomic E-state index is 13.4. The zero-order valence-corrected chi connectivity index (χ0v) is 20.6. The summed E-state index contributed by atoms with van der Waals surface area (Å²) >= 11 is 6.07. The minimum absolute atomic E-state index is 0.0350. The van der Waals surface area contributed by atoms with Crippen LogP contribution in [0.2, 0.25) is 5.02 Å². The number of sulfonamides is 1. The van der Waals surface area contributed by atoms with Gasteiger partial charge in [-0.15, -0.1) is 0 Å². The van der Waals surface area contributed by atoms with E-state index in [1.54, 1.807) is 37.3 Å². The summed E-state index contributed by atoms with van der Waals surface area (Å²) in [7, 11) is -2.67. The molecule has 0 saturated carbocycles. The number of ether oxygens (including phenoxy) is 2. The first-order valence-electron chi connectivity index (χ1n) is 10.4. The van der Waals surface area contributed by atoms with E-state index in [1.165, 1.54) is 49.7 Å². The van der Waals surface area contributed by atoms with E-state index in [0.29, 0.717) is 22.9 Å². The molecule has 0 heterocycles. The largest absolute Gasteiger partial charge is 0.504 e. The maximum atomic E-state index is 13.4. The van der Waals surface area contributed by atoms with Gasteiger partial charge in [0, 0.05) is 10.6 Å². The van der Waals surface area contributed by atoms with Gasteiger partial charge in [-0.2, -0.15) is 5.10 Å². The fraction of sp³-hybridized carbons (Fsp3) is 0.167. The average molecular weight is 518 g/mol. The van der Waals surface area contributed by atoms with E-state index in [4.69, 9.17) is 21.1 Å². The molecule has 3 aromatic carbocycles. The molecular formula is C24H24ClN3O6S. The van der Waals surface area contributed by atoms with Crippen LogP contribution in [-0.4, -0.2) is 45.9 Å². The molecule has 9 nitrogen and oxygen atoms in total. The van der Waals surface area contributed by atoms with Gasteiger partial charge in [-0.05, 0) is 61.5 Å². The van der Waals surface area contributed by atoms with Crippen molar-refractivity contribution >= 4 is 39.4 Å². The Morgan fingerprint density at radius 3 is 2.51 bits per heavy atom. The molecule has 0 aromatic heterocycles. The molecule has 1 amide bonds. The van der Waals surface area contributed by atoms with Crippen LogP contribution >= 0.6 is 11.6 Å². The summed E-state index contributed by atoms with van der Waals surface area (Å²) in [6.45, 7) is 1.58. The summed E-state index contributed by atoms with van der Waals surface area (Å²) < 4.78 is 38.1. The van der Waals surface area contributed by atoms with Crippen LogP contribution in [0.4, 0.5) is 5.69 Å². The monoisotopic (exact) mass is 517 g/mol. The minimum atomic E-state index is -4.14. The highest BCUT2D eigenvalue weighted by Gasteiger charge is 2.27. The van der Waals surface area contributed by atoms with Crippen LogP contribution in [-0.2, 0) is 14.8 Å². The van der Waals surface area contributed by atoms with E-state index >= 15 is 0 Å². The van der Waals surface area contributed by atoms with Gasteiger partial charge < -0.3 is 14.6 Å². The quantitative estimate of drug-likeness (QED) is 0.312. The number of phenolic OH excluding ortho intramolecular Hbond substituents is 1. The first kappa shape index (κ1) is 25.9. The fourth-order valence-electron chi connectivity index (χ4n) is 3.08. The Hall–Kier alpha value is -3.76. The van der Waals surface area contributed by atoms with Gasteiger partial charge >= 0.3 is 0 Å². The number of aromatic hydroxyl groups is 1. The van der Waals surface area contributed by atoms with Gasteiger partial charge in [0.25, 0.3) is 15.9 Å². The van der Waals surface area contributed by atoms with Crippen molar-refractivity contribution in [2.75, 3.05) is 24.6 Å². The number of anilines is 1. The van der Waals surface area contributed by atoms with Crippen molar-refractivity contribution in [2.45, 2.75) is 11.8 Å². The van der Waals surface area contributed by atoms with Crippen molar-refractivity contribution in [2.24, 2.45) is 5.10 Å². The summed E-state index contributed by atoms with van der Waals surface area (Å²) in [4.78, 5) is 12.6. The Morgan fingerprint density at radius 1 is 1.14 bits per heavy atom. The van der Waals surface area contributed by atoms with Gasteiger partial charge in [-0.25, -0.2) is 13.8 Å². The second kappa shape index (κ2) is 11.6. The summed E-state index contributed by atoms with van der Waals surface area (Å²) in [5.74, 6) is -0.0729. The molecule has 0 aliphatic heterocycles. The average Bonchev–Trinajstić information content (AvgIpc) is 2.85. The van der Waals surface area contributed by atoms with Crippen molar-refractivity contribution in [1.29, 1.82) is 0 Å². The normalized spacial score (nSPS) is 11.3. The van der Waals surface area contributed by atoms with Crippen LogP contribution in [0.1, 0.15) is 12.5 Å². The van der Waals surface area contributed by atoms with Crippen LogP contribution in [0.15, 0.2) is 76.7 Å². The van der Waals surface area contributed by atoms with E-state index in [2.05, 4.69) is 10.5 Å². The molecule has 0 atom stereocenters. The van der Waals surface area contributed by atoms with E-state index in [0.717, 1.165) is 4.31 Å². The molecule has 184 valence electrons. The number of hydrazone groups is 1. The SMILES string of the molecule is CCOc1cccc(/C=N\NC(=O)CN(c2cccc(Cl)c2)S(=O)(=O)c2ccc(OC)cc2)c1O. The summed E-state index contributed by atoms with van der Waals surface area (Å²) in [6, 6.07) is 16.8. The third kappa shape index (κ3) is 6.43. The molecule has 0 radical (unpaired) electrons. The van der Waals surface area contributed by atoms with Crippen LogP contribution < -0.4 is 19.2 Å². The molecule has 0 aliphatic carbocycles. The highest BCUT2D eigenvalue weighted by molar-refractivity contribution is 7.92. The predicted octanol–water partition coefficient (Wildman–Crippen LogP) is 3.80. The number of rotatable bonds is 10. The second-order valence-electron chi connectivity index (χ2n) is 7.09. The number of para-hydroxylation sites is 1. The van der Waals surface area contributed by atoms with Gasteiger partial charge in [-0.1, -0.05) is 23.7 Å². The lowest BCUT2D eigenvalue weighted by molar-refractivity contribution is -0.119. The van der Waals surface area contributed by atoms with Gasteiger partial charge in [0.1, 0.15) is 12.3 Å². The van der Waals surface area contributed by atoms with E-state index in [1.807, 2.05) is 0 Å². The van der Waals surface area contributed by atoms with E-state index < -0.39 is 22.5 Å². The minimum Gasteiger partial charge on any atom is -0.504 e. The summed E-state index contributed by atoms with van der Waals surface area (Å²) in [5, 5.41) is 14.4. The second-order valence-corrected chi connectivity index (χ2v) is 9.39. The number of hydrogen-bond donors (Lipinski definition) is 2. The van der Waals surface area contributed by atoms with Gasteiger partial charge in [0.15, 0.2) is 11.5 Å².